The van der Waals surface area contributed by atoms with Crippen molar-refractivity contribution < 1.29 is 29.3 Å². The first-order valence-electron chi connectivity index (χ1n) is 20.5. The van der Waals surface area contributed by atoms with Crippen molar-refractivity contribution in [2.24, 2.45) is 50.2 Å². The number of hydrogen-bond donors (Lipinski definition) is 3. The zero-order chi connectivity index (χ0) is 37.9. The fourth-order valence-electron chi connectivity index (χ4n) is 13.2. The summed E-state index contributed by atoms with van der Waals surface area (Å²) in [7, 11) is 3.13. The van der Waals surface area contributed by atoms with Gasteiger partial charge in [0.15, 0.2) is 0 Å². The molecule has 0 aromatic heterocycles. The summed E-state index contributed by atoms with van der Waals surface area (Å²) in [6, 6.07) is 4.31. The van der Waals surface area contributed by atoms with Gasteiger partial charge in [-0.3, -0.25) is 4.79 Å². The molecule has 0 aliphatic heterocycles. The standard InChI is InChI=1S/C45H69NO6/c1-40(2)20-22-45(17-11-10-12-38(48)46-34(39(49)50)26-29-24-30(51-8)27-31(25-29)52-9)23-21-43(6)32(33(45)28-40)13-14-36-42(5)18-16-37(47)41(3,4)35(42)15-19-44(36,43)7/h13,24-25,27,33-37,47H,10-12,14-23,26,28H2,1-9H3,(H,46,48)(H,49,50)/t33-,34?,35-,36+,37-,42-,43+,44+,45+/m0/s1. The van der Waals surface area contributed by atoms with E-state index in [1.54, 1.807) is 38.0 Å². The molecule has 3 N–H and O–H groups in total. The molecule has 0 spiro atoms. The summed E-state index contributed by atoms with van der Waals surface area (Å²) < 4.78 is 10.7. The molecule has 7 nitrogen and oxygen atoms in total. The first kappa shape index (κ1) is 39.2. The van der Waals surface area contributed by atoms with Gasteiger partial charge in [0.2, 0.25) is 5.91 Å². The predicted octanol–water partition coefficient (Wildman–Crippen LogP) is 9.54. The quantitative estimate of drug-likeness (QED) is 0.156. The van der Waals surface area contributed by atoms with Gasteiger partial charge in [-0.1, -0.05) is 66.5 Å². The number of carbonyl (C=O) groups excluding carboxylic acids is 1. The molecule has 5 aliphatic carbocycles. The molecule has 5 aliphatic rings. The first-order valence-corrected chi connectivity index (χ1v) is 20.5. The molecule has 4 fully saturated rings. The number of hydrogen-bond acceptors (Lipinski definition) is 5. The average Bonchev–Trinajstić information content (AvgIpc) is 3.08. The third-order valence-corrected chi connectivity index (χ3v) is 16.6. The molecule has 290 valence electrons. The van der Waals surface area contributed by atoms with Crippen LogP contribution in [0.2, 0.25) is 0 Å². The van der Waals surface area contributed by atoms with Crippen LogP contribution in [-0.2, 0) is 16.0 Å². The fraction of sp³-hybridized carbons (Fsp3) is 0.778. The van der Waals surface area contributed by atoms with Gasteiger partial charge in [-0.25, -0.2) is 4.79 Å². The van der Waals surface area contributed by atoms with E-state index in [4.69, 9.17) is 9.47 Å². The number of rotatable bonds is 11. The minimum absolute atomic E-state index is 0.0378. The number of aliphatic hydroxyl groups excluding tert-OH is 1. The van der Waals surface area contributed by atoms with Crippen molar-refractivity contribution in [3.63, 3.8) is 0 Å². The molecule has 1 unspecified atom stereocenters. The van der Waals surface area contributed by atoms with Gasteiger partial charge in [0.25, 0.3) is 0 Å². The van der Waals surface area contributed by atoms with E-state index in [0.717, 1.165) is 37.7 Å². The summed E-state index contributed by atoms with van der Waals surface area (Å²) in [5, 5.41) is 23.9. The lowest BCUT2D eigenvalue weighted by Crippen LogP contribution is -2.64. The van der Waals surface area contributed by atoms with Crippen molar-refractivity contribution in [3.8, 4) is 11.5 Å². The number of carbonyl (C=O) groups is 2. The molecule has 9 atom stereocenters. The Kier molecular flexibility index (Phi) is 10.5. The van der Waals surface area contributed by atoms with Crippen LogP contribution in [0.25, 0.3) is 0 Å². The van der Waals surface area contributed by atoms with Gasteiger partial charge in [0.05, 0.1) is 20.3 Å². The normalized spacial score (nSPS) is 37.9. The van der Waals surface area contributed by atoms with Crippen LogP contribution in [0.3, 0.4) is 0 Å². The summed E-state index contributed by atoms with van der Waals surface area (Å²) >= 11 is 0. The van der Waals surface area contributed by atoms with Gasteiger partial charge in [-0.2, -0.15) is 0 Å². The van der Waals surface area contributed by atoms with Gasteiger partial charge >= 0.3 is 5.97 Å². The molecule has 6 rings (SSSR count). The third kappa shape index (κ3) is 6.61. The highest BCUT2D eigenvalue weighted by molar-refractivity contribution is 5.83. The van der Waals surface area contributed by atoms with Crippen molar-refractivity contribution in [2.45, 2.75) is 157 Å². The second-order valence-electron chi connectivity index (χ2n) is 20.0. The highest BCUT2D eigenvalue weighted by Crippen LogP contribution is 2.76. The van der Waals surface area contributed by atoms with Crippen molar-refractivity contribution in [1.82, 2.24) is 5.32 Å². The second-order valence-corrected chi connectivity index (χ2v) is 20.0. The summed E-state index contributed by atoms with van der Waals surface area (Å²) in [6.07, 6.45) is 17.9. The lowest BCUT2D eigenvalue weighted by atomic mass is 9.33. The Bertz CT molecular complexity index is 1530. The van der Waals surface area contributed by atoms with Gasteiger partial charge < -0.3 is 25.0 Å². The number of nitrogens with one attached hydrogen (secondary N) is 1. The number of fused-ring (bicyclic) bond motifs is 7. The number of allylic oxidation sites excluding steroid dienone is 2. The van der Waals surface area contributed by atoms with Crippen LogP contribution in [0.15, 0.2) is 29.8 Å². The highest BCUT2D eigenvalue weighted by atomic mass is 16.5. The maximum atomic E-state index is 13.1. The summed E-state index contributed by atoms with van der Waals surface area (Å²) in [4.78, 5) is 25.3. The Morgan fingerprint density at radius 1 is 0.865 bits per heavy atom. The van der Waals surface area contributed by atoms with Crippen LogP contribution in [0, 0.1) is 50.2 Å². The molecule has 1 aromatic rings. The average molecular weight is 720 g/mol. The van der Waals surface area contributed by atoms with Gasteiger partial charge in [-0.05, 0) is 145 Å². The topological polar surface area (TPSA) is 105 Å². The lowest BCUT2D eigenvalue weighted by Gasteiger charge is -2.71. The number of carboxylic acid groups (broad SMARTS) is 1. The number of aliphatic carboxylic acids is 1. The third-order valence-electron chi connectivity index (χ3n) is 16.6. The molecule has 0 heterocycles. The Morgan fingerprint density at radius 3 is 2.19 bits per heavy atom. The molecule has 0 bridgehead atoms. The molecule has 4 saturated carbocycles. The molecule has 0 saturated heterocycles. The minimum atomic E-state index is -1.05. The number of carboxylic acids is 1. The molecule has 1 amide bonds. The Hall–Kier alpha value is -2.54. The molecular weight excluding hydrogens is 650 g/mol. The van der Waals surface area contributed by atoms with E-state index in [1.807, 2.05) is 0 Å². The predicted molar refractivity (Wildman–Crippen MR) is 206 cm³/mol. The number of ether oxygens (including phenoxy) is 2. The first-order chi connectivity index (χ1) is 24.3. The van der Waals surface area contributed by atoms with Crippen molar-refractivity contribution in [2.75, 3.05) is 14.2 Å². The summed E-state index contributed by atoms with van der Waals surface area (Å²) in [5.74, 6) is 1.71. The van der Waals surface area contributed by atoms with Crippen molar-refractivity contribution in [1.29, 1.82) is 0 Å². The second kappa shape index (κ2) is 13.9. The Labute approximate surface area is 314 Å². The molecule has 1 aromatic carbocycles. The van der Waals surface area contributed by atoms with E-state index < -0.39 is 12.0 Å². The zero-order valence-corrected chi connectivity index (χ0v) is 33.8. The summed E-state index contributed by atoms with van der Waals surface area (Å²) in [6.45, 7) is 17.5. The molecular formula is C45H69NO6. The van der Waals surface area contributed by atoms with Gasteiger partial charge in [0.1, 0.15) is 17.5 Å². The van der Waals surface area contributed by atoms with Gasteiger partial charge in [0, 0.05) is 18.9 Å². The fourth-order valence-corrected chi connectivity index (χ4v) is 13.2. The van der Waals surface area contributed by atoms with E-state index in [9.17, 15) is 19.8 Å². The number of benzene rings is 1. The van der Waals surface area contributed by atoms with E-state index in [0.29, 0.717) is 41.1 Å². The van der Waals surface area contributed by atoms with Crippen LogP contribution in [0.4, 0.5) is 0 Å². The van der Waals surface area contributed by atoms with Gasteiger partial charge in [-0.15, -0.1) is 0 Å². The smallest absolute Gasteiger partial charge is 0.326 e. The van der Waals surface area contributed by atoms with E-state index in [-0.39, 0.29) is 45.5 Å². The maximum Gasteiger partial charge on any atom is 0.326 e. The number of unbranched alkanes of at least 4 members (excludes halogenated alkanes) is 1. The number of methoxy groups -OCH3 is 2. The van der Waals surface area contributed by atoms with Crippen LogP contribution in [0.5, 0.6) is 11.5 Å². The monoisotopic (exact) mass is 720 g/mol. The van der Waals surface area contributed by atoms with Crippen molar-refractivity contribution in [3.05, 3.63) is 35.4 Å². The van der Waals surface area contributed by atoms with Crippen LogP contribution in [0.1, 0.15) is 144 Å². The number of aliphatic hydroxyl groups is 1. The highest BCUT2D eigenvalue weighted by Gasteiger charge is 2.68. The molecule has 52 heavy (non-hydrogen) atoms. The Balaban J connectivity index is 1.14. The molecule has 0 radical (unpaired) electrons. The maximum absolute atomic E-state index is 13.1. The van der Waals surface area contributed by atoms with E-state index in [2.05, 4.69) is 59.9 Å². The number of amides is 1. The van der Waals surface area contributed by atoms with Crippen LogP contribution < -0.4 is 14.8 Å². The van der Waals surface area contributed by atoms with Crippen molar-refractivity contribution >= 4 is 11.9 Å². The Morgan fingerprint density at radius 2 is 1.54 bits per heavy atom. The largest absolute Gasteiger partial charge is 0.497 e. The van der Waals surface area contributed by atoms with Crippen LogP contribution >= 0.6 is 0 Å². The summed E-state index contributed by atoms with van der Waals surface area (Å²) in [5.41, 5.74) is 3.74. The minimum Gasteiger partial charge on any atom is -0.497 e. The van der Waals surface area contributed by atoms with E-state index >= 15 is 0 Å². The zero-order valence-electron chi connectivity index (χ0n) is 33.8. The SMILES string of the molecule is COc1cc(CC(NC(=O)CCCC[C@]23CCC(C)(C)C[C@H]2C2=CC[C@@H]4[C@@]5(C)CC[C@H](O)C(C)(C)[C@@H]5CC[C@@]4(C)[C@]2(C)CC3)C(=O)O)cc(OC)c1. The van der Waals surface area contributed by atoms with E-state index in [1.165, 1.54) is 51.4 Å². The lowest BCUT2D eigenvalue weighted by molar-refractivity contribution is -0.203. The van der Waals surface area contributed by atoms with Crippen LogP contribution in [-0.4, -0.2) is 48.5 Å². The molecule has 7 heteroatoms.